The molecule has 1 aromatic carbocycles. The molecule has 112 valence electrons. The van der Waals surface area contributed by atoms with Crippen LogP contribution >= 0.6 is 0 Å². The highest BCUT2D eigenvalue weighted by atomic mass is 16.2. The Labute approximate surface area is 125 Å². The van der Waals surface area contributed by atoms with E-state index in [2.05, 4.69) is 40.1 Å². The normalized spacial score (nSPS) is 17.2. The average molecular weight is 286 g/mol. The molecular formula is C16H22N4O. The molecule has 0 spiro atoms. The number of hydrogen-bond donors (Lipinski definition) is 1. The molecule has 1 amide bonds. The van der Waals surface area contributed by atoms with Crippen LogP contribution in [0.25, 0.3) is 10.9 Å². The molecule has 5 heteroatoms. The van der Waals surface area contributed by atoms with E-state index in [1.165, 1.54) is 10.9 Å². The molecular weight excluding hydrogens is 264 g/mol. The lowest BCUT2D eigenvalue weighted by Gasteiger charge is -2.32. The summed E-state index contributed by atoms with van der Waals surface area (Å²) in [5.41, 5.74) is 4.19. The maximum absolute atomic E-state index is 12.0. The zero-order valence-corrected chi connectivity index (χ0v) is 12.5. The first-order chi connectivity index (χ1) is 10.2. The van der Waals surface area contributed by atoms with E-state index < -0.39 is 0 Å². The molecule has 0 aliphatic carbocycles. The quantitative estimate of drug-likeness (QED) is 0.921. The van der Waals surface area contributed by atoms with Crippen molar-refractivity contribution in [3.63, 3.8) is 0 Å². The Morgan fingerprint density at radius 3 is 2.71 bits per heavy atom. The summed E-state index contributed by atoms with van der Waals surface area (Å²) in [7, 11) is 2.11. The molecule has 1 aromatic heterocycles. The van der Waals surface area contributed by atoms with Crippen LogP contribution in [0.3, 0.4) is 0 Å². The number of fused-ring (bicyclic) bond motifs is 1. The lowest BCUT2D eigenvalue weighted by Crippen LogP contribution is -2.52. The van der Waals surface area contributed by atoms with E-state index in [0.29, 0.717) is 13.0 Å². The molecule has 2 heterocycles. The molecule has 0 unspecified atom stereocenters. The topological polar surface area (TPSA) is 40.5 Å². The lowest BCUT2D eigenvalue weighted by molar-refractivity contribution is -0.126. The van der Waals surface area contributed by atoms with E-state index in [1.54, 1.807) is 0 Å². The Bertz CT molecular complexity index is 614. The zero-order chi connectivity index (χ0) is 14.7. The standard InChI is InChI=1S/C16H22N4O/c1-18-10-12-20(13-11-18)17-16(21)7-9-19-8-6-14-4-2-3-5-15(14)19/h2-6,8H,7,9-13H2,1H3,(H,17,21). The van der Waals surface area contributed by atoms with Gasteiger partial charge in [-0.15, -0.1) is 0 Å². The minimum atomic E-state index is 0.0948. The van der Waals surface area contributed by atoms with Crippen LogP contribution in [0.1, 0.15) is 6.42 Å². The van der Waals surface area contributed by atoms with Crippen molar-refractivity contribution in [3.05, 3.63) is 36.5 Å². The number of hydrazine groups is 1. The van der Waals surface area contributed by atoms with Crippen LogP contribution in [0.4, 0.5) is 0 Å². The molecule has 1 saturated heterocycles. The van der Waals surface area contributed by atoms with Gasteiger partial charge in [0.25, 0.3) is 0 Å². The van der Waals surface area contributed by atoms with Crippen LogP contribution in [-0.2, 0) is 11.3 Å². The van der Waals surface area contributed by atoms with Crippen LogP contribution in [0.2, 0.25) is 0 Å². The van der Waals surface area contributed by atoms with Crippen LogP contribution < -0.4 is 5.43 Å². The molecule has 0 saturated carbocycles. The summed E-state index contributed by atoms with van der Waals surface area (Å²) in [6, 6.07) is 10.3. The number of carbonyl (C=O) groups is 1. The lowest BCUT2D eigenvalue weighted by atomic mass is 10.2. The Hall–Kier alpha value is -1.85. The van der Waals surface area contributed by atoms with Crippen molar-refractivity contribution >= 4 is 16.8 Å². The van der Waals surface area contributed by atoms with Crippen LogP contribution in [0.15, 0.2) is 36.5 Å². The third-order valence-electron chi connectivity index (χ3n) is 4.05. The number of benzene rings is 1. The van der Waals surface area contributed by atoms with Gasteiger partial charge < -0.3 is 9.47 Å². The van der Waals surface area contributed by atoms with Crippen LogP contribution in [0, 0.1) is 0 Å². The number of aromatic nitrogens is 1. The van der Waals surface area contributed by atoms with Crippen molar-refractivity contribution in [2.45, 2.75) is 13.0 Å². The fourth-order valence-corrected chi connectivity index (χ4v) is 2.71. The van der Waals surface area contributed by atoms with Crippen molar-refractivity contribution in [2.75, 3.05) is 33.2 Å². The van der Waals surface area contributed by atoms with Crippen LogP contribution in [-0.4, -0.2) is 53.6 Å². The van der Waals surface area contributed by atoms with Gasteiger partial charge in [-0.25, -0.2) is 5.01 Å². The molecule has 0 atom stereocenters. The molecule has 2 aromatic rings. The first-order valence-corrected chi connectivity index (χ1v) is 7.49. The molecule has 0 radical (unpaired) electrons. The van der Waals surface area contributed by atoms with E-state index in [0.717, 1.165) is 26.2 Å². The monoisotopic (exact) mass is 286 g/mol. The molecule has 21 heavy (non-hydrogen) atoms. The molecule has 3 rings (SSSR count). The number of piperazine rings is 1. The van der Waals surface area contributed by atoms with Crippen LogP contribution in [0.5, 0.6) is 0 Å². The van der Waals surface area contributed by atoms with Gasteiger partial charge in [-0.1, -0.05) is 18.2 Å². The predicted molar refractivity (Wildman–Crippen MR) is 83.8 cm³/mol. The summed E-state index contributed by atoms with van der Waals surface area (Å²) in [4.78, 5) is 14.3. The molecule has 1 fully saturated rings. The minimum Gasteiger partial charge on any atom is -0.347 e. The number of carbonyl (C=O) groups excluding carboxylic acids is 1. The molecule has 1 aliphatic heterocycles. The highest BCUT2D eigenvalue weighted by molar-refractivity contribution is 5.80. The fraction of sp³-hybridized carbons (Fsp3) is 0.438. The van der Waals surface area contributed by atoms with Gasteiger partial charge in [-0.05, 0) is 24.6 Å². The molecule has 0 bridgehead atoms. The maximum Gasteiger partial charge on any atom is 0.236 e. The van der Waals surface area contributed by atoms with Gasteiger partial charge in [0.15, 0.2) is 0 Å². The van der Waals surface area contributed by atoms with Gasteiger partial charge in [-0.3, -0.25) is 10.2 Å². The summed E-state index contributed by atoms with van der Waals surface area (Å²) in [6.07, 6.45) is 2.55. The van der Waals surface area contributed by atoms with Crippen molar-refractivity contribution in [3.8, 4) is 0 Å². The van der Waals surface area contributed by atoms with Gasteiger partial charge in [0.1, 0.15) is 0 Å². The van der Waals surface area contributed by atoms with Crippen molar-refractivity contribution in [2.24, 2.45) is 0 Å². The summed E-state index contributed by atoms with van der Waals surface area (Å²) in [6.45, 7) is 4.52. The van der Waals surface area contributed by atoms with Crippen molar-refractivity contribution < 1.29 is 4.79 Å². The number of rotatable bonds is 4. The number of nitrogens with zero attached hydrogens (tertiary/aromatic N) is 3. The van der Waals surface area contributed by atoms with E-state index in [1.807, 2.05) is 23.3 Å². The number of amides is 1. The number of nitrogens with one attached hydrogen (secondary N) is 1. The second kappa shape index (κ2) is 6.28. The Morgan fingerprint density at radius 1 is 1.14 bits per heavy atom. The number of aryl methyl sites for hydroxylation is 1. The fourth-order valence-electron chi connectivity index (χ4n) is 2.71. The smallest absolute Gasteiger partial charge is 0.236 e. The summed E-state index contributed by atoms with van der Waals surface area (Å²) < 4.78 is 2.14. The molecule has 1 N–H and O–H groups in total. The third-order valence-corrected chi connectivity index (χ3v) is 4.05. The Morgan fingerprint density at radius 2 is 1.90 bits per heavy atom. The van der Waals surface area contributed by atoms with E-state index in [9.17, 15) is 4.79 Å². The van der Waals surface area contributed by atoms with Crippen molar-refractivity contribution in [1.29, 1.82) is 0 Å². The highest BCUT2D eigenvalue weighted by Gasteiger charge is 2.15. The minimum absolute atomic E-state index is 0.0948. The van der Waals surface area contributed by atoms with E-state index in [4.69, 9.17) is 0 Å². The first kappa shape index (κ1) is 14.1. The molecule has 1 aliphatic rings. The van der Waals surface area contributed by atoms with E-state index in [-0.39, 0.29) is 5.91 Å². The van der Waals surface area contributed by atoms with E-state index >= 15 is 0 Å². The maximum atomic E-state index is 12.0. The second-order valence-corrected chi connectivity index (χ2v) is 5.64. The predicted octanol–water partition coefficient (Wildman–Crippen LogP) is 1.31. The number of hydrogen-bond acceptors (Lipinski definition) is 3. The zero-order valence-electron chi connectivity index (χ0n) is 12.5. The number of para-hydroxylation sites is 1. The largest absolute Gasteiger partial charge is 0.347 e. The second-order valence-electron chi connectivity index (χ2n) is 5.64. The number of likely N-dealkylation sites (N-methyl/N-ethyl adjacent to an activating group) is 1. The van der Waals surface area contributed by atoms with Gasteiger partial charge in [0, 0.05) is 50.9 Å². The third kappa shape index (κ3) is 3.43. The average Bonchev–Trinajstić information content (AvgIpc) is 2.91. The Kier molecular flexibility index (Phi) is 4.22. The summed E-state index contributed by atoms with van der Waals surface area (Å²) in [5.74, 6) is 0.0948. The first-order valence-electron chi connectivity index (χ1n) is 7.49. The summed E-state index contributed by atoms with van der Waals surface area (Å²) >= 11 is 0. The van der Waals surface area contributed by atoms with Gasteiger partial charge in [0.2, 0.25) is 5.91 Å². The van der Waals surface area contributed by atoms with Gasteiger partial charge in [-0.2, -0.15) is 0 Å². The molecule has 5 nitrogen and oxygen atoms in total. The SMILES string of the molecule is CN1CCN(NC(=O)CCn2ccc3ccccc32)CC1. The van der Waals surface area contributed by atoms with Gasteiger partial charge >= 0.3 is 0 Å². The highest BCUT2D eigenvalue weighted by Crippen LogP contribution is 2.15. The van der Waals surface area contributed by atoms with Gasteiger partial charge in [0.05, 0.1) is 0 Å². The summed E-state index contributed by atoms with van der Waals surface area (Å²) in [5, 5.41) is 3.24. The van der Waals surface area contributed by atoms with Crippen molar-refractivity contribution in [1.82, 2.24) is 19.9 Å². The Balaban J connectivity index is 1.52.